The molecule has 1 saturated heterocycles. The van der Waals surface area contributed by atoms with Crippen LogP contribution in [0.25, 0.3) is 0 Å². The molecule has 0 N–H and O–H groups in total. The zero-order valence-electron chi connectivity index (χ0n) is 11.0. The molecule has 1 atom stereocenters. The van der Waals surface area contributed by atoms with Crippen LogP contribution in [0, 0.1) is 5.92 Å². The van der Waals surface area contributed by atoms with Crippen molar-refractivity contribution in [3.8, 4) is 0 Å². The predicted octanol–water partition coefficient (Wildman–Crippen LogP) is 1.95. The van der Waals surface area contributed by atoms with Gasteiger partial charge in [-0.2, -0.15) is 0 Å². The molecule has 17 heavy (non-hydrogen) atoms. The number of rotatable bonds is 4. The molecule has 0 aromatic rings. The normalized spacial score (nSPS) is 24.8. The third kappa shape index (κ3) is 3.35. The van der Waals surface area contributed by atoms with E-state index in [1.54, 1.807) is 7.11 Å². The summed E-state index contributed by atoms with van der Waals surface area (Å²) in [6.45, 7) is 5.47. The Labute approximate surface area is 104 Å². The minimum absolute atomic E-state index is 0.233. The SMILES string of the molecule is COCCN(C(=O)N1CCCC(C)C1)C1CC1. The number of carbonyl (C=O) groups is 1. The first-order valence-electron chi connectivity index (χ1n) is 6.77. The van der Waals surface area contributed by atoms with Crippen molar-refractivity contribution >= 4 is 6.03 Å². The average Bonchev–Trinajstić information content (AvgIpc) is 3.14. The summed E-state index contributed by atoms with van der Waals surface area (Å²) >= 11 is 0. The first kappa shape index (κ1) is 12.7. The minimum Gasteiger partial charge on any atom is -0.383 e. The smallest absolute Gasteiger partial charge is 0.320 e. The molecule has 1 aliphatic heterocycles. The monoisotopic (exact) mass is 240 g/mol. The van der Waals surface area contributed by atoms with Gasteiger partial charge in [-0.1, -0.05) is 6.92 Å². The van der Waals surface area contributed by atoms with Crippen LogP contribution in [0.2, 0.25) is 0 Å². The standard InChI is InChI=1S/C13H24N2O2/c1-11-4-3-7-14(10-11)13(16)15(8-9-17-2)12-5-6-12/h11-12H,3-10H2,1-2H3. The summed E-state index contributed by atoms with van der Waals surface area (Å²) in [5.41, 5.74) is 0. The van der Waals surface area contributed by atoms with Crippen LogP contribution >= 0.6 is 0 Å². The van der Waals surface area contributed by atoms with Crippen molar-refractivity contribution in [2.75, 3.05) is 33.4 Å². The quantitative estimate of drug-likeness (QED) is 0.752. The molecule has 0 radical (unpaired) electrons. The summed E-state index contributed by atoms with van der Waals surface area (Å²) in [6, 6.07) is 0.714. The van der Waals surface area contributed by atoms with E-state index in [1.165, 1.54) is 19.3 Å². The molecule has 0 bridgehead atoms. The highest BCUT2D eigenvalue weighted by Crippen LogP contribution is 2.28. The lowest BCUT2D eigenvalue weighted by atomic mass is 10.0. The van der Waals surface area contributed by atoms with Crippen LogP contribution in [0.5, 0.6) is 0 Å². The molecule has 2 rings (SSSR count). The molecule has 1 saturated carbocycles. The van der Waals surface area contributed by atoms with E-state index in [-0.39, 0.29) is 6.03 Å². The Morgan fingerprint density at radius 2 is 2.18 bits per heavy atom. The summed E-state index contributed by atoms with van der Waals surface area (Å²) < 4.78 is 5.10. The number of methoxy groups -OCH3 is 1. The number of nitrogens with zero attached hydrogens (tertiary/aromatic N) is 2. The Morgan fingerprint density at radius 3 is 2.76 bits per heavy atom. The maximum Gasteiger partial charge on any atom is 0.320 e. The second-order valence-corrected chi connectivity index (χ2v) is 5.39. The van der Waals surface area contributed by atoms with E-state index >= 15 is 0 Å². The van der Waals surface area contributed by atoms with Gasteiger partial charge in [-0.3, -0.25) is 0 Å². The highest BCUT2D eigenvalue weighted by atomic mass is 16.5. The fourth-order valence-corrected chi connectivity index (χ4v) is 2.56. The van der Waals surface area contributed by atoms with E-state index in [4.69, 9.17) is 4.74 Å². The summed E-state index contributed by atoms with van der Waals surface area (Å²) in [6.07, 6.45) is 4.73. The lowest BCUT2D eigenvalue weighted by molar-refractivity contribution is 0.109. The molecule has 0 spiro atoms. The largest absolute Gasteiger partial charge is 0.383 e. The van der Waals surface area contributed by atoms with Gasteiger partial charge in [-0.15, -0.1) is 0 Å². The van der Waals surface area contributed by atoms with Crippen LogP contribution in [0.3, 0.4) is 0 Å². The Hall–Kier alpha value is -0.770. The van der Waals surface area contributed by atoms with E-state index in [2.05, 4.69) is 6.92 Å². The van der Waals surface area contributed by atoms with Crippen molar-refractivity contribution < 1.29 is 9.53 Å². The van der Waals surface area contributed by atoms with E-state index < -0.39 is 0 Å². The van der Waals surface area contributed by atoms with Crippen molar-refractivity contribution in [3.63, 3.8) is 0 Å². The number of urea groups is 1. The van der Waals surface area contributed by atoms with Crippen LogP contribution < -0.4 is 0 Å². The molecule has 2 amide bonds. The van der Waals surface area contributed by atoms with Gasteiger partial charge in [0.05, 0.1) is 6.61 Å². The molecular weight excluding hydrogens is 216 g/mol. The molecule has 1 heterocycles. The van der Waals surface area contributed by atoms with Crippen molar-refractivity contribution in [3.05, 3.63) is 0 Å². The first-order chi connectivity index (χ1) is 8.22. The van der Waals surface area contributed by atoms with Gasteiger partial charge in [0.1, 0.15) is 0 Å². The second-order valence-electron chi connectivity index (χ2n) is 5.39. The number of ether oxygens (including phenoxy) is 1. The Kier molecular flexibility index (Phi) is 4.26. The topological polar surface area (TPSA) is 32.8 Å². The van der Waals surface area contributed by atoms with Gasteiger partial charge in [-0.25, -0.2) is 4.79 Å². The van der Waals surface area contributed by atoms with Gasteiger partial charge in [-0.05, 0) is 31.6 Å². The highest BCUT2D eigenvalue weighted by molar-refractivity contribution is 5.75. The third-order valence-corrected chi connectivity index (χ3v) is 3.70. The zero-order valence-corrected chi connectivity index (χ0v) is 11.0. The third-order valence-electron chi connectivity index (χ3n) is 3.70. The fourth-order valence-electron chi connectivity index (χ4n) is 2.56. The molecule has 98 valence electrons. The molecular formula is C13H24N2O2. The number of hydrogen-bond donors (Lipinski definition) is 0. The van der Waals surface area contributed by atoms with Crippen LogP contribution in [0.4, 0.5) is 4.79 Å². The van der Waals surface area contributed by atoms with E-state index in [0.29, 0.717) is 18.6 Å². The van der Waals surface area contributed by atoms with E-state index in [9.17, 15) is 4.79 Å². The predicted molar refractivity (Wildman–Crippen MR) is 67.0 cm³/mol. The zero-order chi connectivity index (χ0) is 12.3. The van der Waals surface area contributed by atoms with Crippen LogP contribution in [0.15, 0.2) is 0 Å². The maximum absolute atomic E-state index is 12.4. The second kappa shape index (κ2) is 5.71. The van der Waals surface area contributed by atoms with Crippen molar-refractivity contribution in [1.82, 2.24) is 9.80 Å². The molecule has 1 aliphatic carbocycles. The summed E-state index contributed by atoms with van der Waals surface area (Å²) in [7, 11) is 1.69. The number of likely N-dealkylation sites (tertiary alicyclic amines) is 1. The Bertz CT molecular complexity index is 266. The maximum atomic E-state index is 12.4. The van der Waals surface area contributed by atoms with Gasteiger partial charge >= 0.3 is 6.03 Å². The Balaban J connectivity index is 1.90. The summed E-state index contributed by atoms with van der Waals surface area (Å²) in [4.78, 5) is 16.5. The molecule has 4 nitrogen and oxygen atoms in total. The minimum atomic E-state index is 0.233. The average molecular weight is 240 g/mol. The molecule has 0 aromatic carbocycles. The van der Waals surface area contributed by atoms with E-state index in [1.807, 2.05) is 9.80 Å². The van der Waals surface area contributed by atoms with Crippen molar-refractivity contribution in [1.29, 1.82) is 0 Å². The van der Waals surface area contributed by atoms with Crippen LogP contribution in [-0.4, -0.2) is 55.2 Å². The molecule has 4 heteroatoms. The van der Waals surface area contributed by atoms with Gasteiger partial charge in [0, 0.05) is 32.8 Å². The number of piperidine rings is 1. The lowest BCUT2D eigenvalue weighted by Gasteiger charge is -2.35. The van der Waals surface area contributed by atoms with Crippen molar-refractivity contribution in [2.45, 2.75) is 38.6 Å². The number of hydrogen-bond acceptors (Lipinski definition) is 2. The summed E-state index contributed by atoms with van der Waals surface area (Å²) in [5.74, 6) is 0.649. The van der Waals surface area contributed by atoms with Crippen LogP contribution in [-0.2, 0) is 4.74 Å². The number of amides is 2. The lowest BCUT2D eigenvalue weighted by Crippen LogP contribution is -2.49. The van der Waals surface area contributed by atoms with Gasteiger partial charge in [0.2, 0.25) is 0 Å². The van der Waals surface area contributed by atoms with Crippen LogP contribution in [0.1, 0.15) is 32.6 Å². The molecule has 2 fully saturated rings. The highest BCUT2D eigenvalue weighted by Gasteiger charge is 2.35. The first-order valence-corrected chi connectivity index (χ1v) is 6.77. The Morgan fingerprint density at radius 1 is 1.41 bits per heavy atom. The molecule has 2 aliphatic rings. The molecule has 1 unspecified atom stereocenters. The van der Waals surface area contributed by atoms with Gasteiger partial charge < -0.3 is 14.5 Å². The van der Waals surface area contributed by atoms with Crippen molar-refractivity contribution in [2.24, 2.45) is 5.92 Å². The fraction of sp³-hybridized carbons (Fsp3) is 0.923. The number of carbonyl (C=O) groups excluding carboxylic acids is 1. The van der Waals surface area contributed by atoms with Gasteiger partial charge in [0.15, 0.2) is 0 Å². The van der Waals surface area contributed by atoms with E-state index in [0.717, 1.165) is 26.1 Å². The summed E-state index contributed by atoms with van der Waals surface area (Å²) in [5, 5.41) is 0. The van der Waals surface area contributed by atoms with Gasteiger partial charge in [0.25, 0.3) is 0 Å². The molecule has 0 aromatic heterocycles.